The summed E-state index contributed by atoms with van der Waals surface area (Å²) in [5.41, 5.74) is 3.33. The predicted molar refractivity (Wildman–Crippen MR) is 102 cm³/mol. The molecule has 27 heavy (non-hydrogen) atoms. The largest absolute Gasteiger partial charge is 0.468 e. The molecule has 1 heterocycles. The minimum absolute atomic E-state index is 0.247. The molecule has 6 heteroatoms. The number of aromatic nitrogens is 1. The number of aryl methyl sites for hydroxylation is 1. The van der Waals surface area contributed by atoms with E-state index in [-0.39, 0.29) is 12.8 Å². The molecule has 1 aromatic carbocycles. The van der Waals surface area contributed by atoms with Crippen molar-refractivity contribution >= 4 is 23.4 Å². The van der Waals surface area contributed by atoms with Crippen molar-refractivity contribution < 1.29 is 19.1 Å². The molecule has 0 spiro atoms. The maximum Gasteiger partial charge on any atom is 0.323 e. The zero-order valence-electron chi connectivity index (χ0n) is 16.3. The Labute approximate surface area is 159 Å². The fourth-order valence-corrected chi connectivity index (χ4v) is 3.89. The van der Waals surface area contributed by atoms with Gasteiger partial charge >= 0.3 is 11.9 Å². The Morgan fingerprint density at radius 3 is 2.11 bits per heavy atom. The van der Waals surface area contributed by atoms with E-state index in [1.165, 1.54) is 14.2 Å². The van der Waals surface area contributed by atoms with Gasteiger partial charge in [0.05, 0.1) is 14.2 Å². The molecule has 0 saturated heterocycles. The van der Waals surface area contributed by atoms with Crippen LogP contribution in [0.1, 0.15) is 22.4 Å². The van der Waals surface area contributed by atoms with Gasteiger partial charge in [-0.3, -0.25) is 9.59 Å². The van der Waals surface area contributed by atoms with Crippen molar-refractivity contribution in [2.75, 3.05) is 26.2 Å². The molecule has 1 aromatic heterocycles. The highest BCUT2D eigenvalue weighted by Gasteiger charge is 2.53. The topological polar surface area (TPSA) is 68.7 Å². The molecule has 0 bridgehead atoms. The number of carbonyl (C=O) groups excluding carboxylic acids is 2. The van der Waals surface area contributed by atoms with Gasteiger partial charge < -0.3 is 14.4 Å². The second-order valence-corrected chi connectivity index (χ2v) is 6.92. The summed E-state index contributed by atoms with van der Waals surface area (Å²) in [6.45, 7) is 3.88. The van der Waals surface area contributed by atoms with Crippen molar-refractivity contribution in [1.29, 1.82) is 0 Å². The molecule has 3 rings (SSSR count). The summed E-state index contributed by atoms with van der Waals surface area (Å²) in [7, 11) is 4.55. The average molecular weight is 368 g/mol. The lowest BCUT2D eigenvalue weighted by atomic mass is 9.84. The van der Waals surface area contributed by atoms with Crippen molar-refractivity contribution in [2.45, 2.75) is 26.7 Å². The number of carbonyl (C=O) groups is 2. The van der Waals surface area contributed by atoms with Crippen molar-refractivity contribution in [2.24, 2.45) is 5.41 Å². The third-order valence-corrected chi connectivity index (χ3v) is 5.43. The maximum absolute atomic E-state index is 12.5. The summed E-state index contributed by atoms with van der Waals surface area (Å²) in [5.74, 6) is -0.326. The Hall–Kier alpha value is -2.89. The zero-order chi connectivity index (χ0) is 19.8. The van der Waals surface area contributed by atoms with Crippen molar-refractivity contribution in [3.05, 3.63) is 52.7 Å². The number of hydrogen-bond donors (Lipinski definition) is 0. The van der Waals surface area contributed by atoms with Gasteiger partial charge in [0.2, 0.25) is 0 Å². The Kier molecular flexibility index (Phi) is 4.91. The highest BCUT2D eigenvalue weighted by molar-refractivity contribution is 6.01. The minimum Gasteiger partial charge on any atom is -0.468 e. The lowest BCUT2D eigenvalue weighted by Gasteiger charge is -2.23. The first-order chi connectivity index (χ1) is 12.9. The Morgan fingerprint density at radius 1 is 1.00 bits per heavy atom. The Bertz CT molecular complexity index is 877. The van der Waals surface area contributed by atoms with E-state index in [0.29, 0.717) is 0 Å². The van der Waals surface area contributed by atoms with Gasteiger partial charge in [-0.05, 0) is 42.7 Å². The van der Waals surface area contributed by atoms with Gasteiger partial charge in [0.25, 0.3) is 0 Å². The summed E-state index contributed by atoms with van der Waals surface area (Å²) in [6.07, 6.45) is 0.503. The molecule has 1 aliphatic rings. The molecule has 0 radical (unpaired) electrons. The number of ether oxygens (including phenoxy) is 2. The van der Waals surface area contributed by atoms with Crippen molar-refractivity contribution in [1.82, 2.24) is 4.98 Å². The summed E-state index contributed by atoms with van der Waals surface area (Å²) < 4.78 is 9.90. The molecule has 0 saturated carbocycles. The highest BCUT2D eigenvalue weighted by Crippen LogP contribution is 2.44. The van der Waals surface area contributed by atoms with Gasteiger partial charge in [0, 0.05) is 31.3 Å². The van der Waals surface area contributed by atoms with Crippen LogP contribution in [-0.2, 0) is 31.9 Å². The number of nitrogens with zero attached hydrogens (tertiary/aromatic N) is 2. The van der Waals surface area contributed by atoms with E-state index >= 15 is 0 Å². The van der Waals surface area contributed by atoms with E-state index in [0.717, 1.165) is 33.9 Å². The highest BCUT2D eigenvalue weighted by atomic mass is 16.5. The number of anilines is 2. The van der Waals surface area contributed by atoms with Crippen LogP contribution in [0.15, 0.2) is 30.3 Å². The van der Waals surface area contributed by atoms with E-state index in [4.69, 9.17) is 14.5 Å². The van der Waals surface area contributed by atoms with Crippen LogP contribution >= 0.6 is 0 Å². The predicted octanol–water partition coefficient (Wildman–Crippen LogP) is 2.90. The average Bonchev–Trinajstić information content (AvgIpc) is 3.12. The van der Waals surface area contributed by atoms with Gasteiger partial charge in [0.1, 0.15) is 5.82 Å². The first-order valence-corrected chi connectivity index (χ1v) is 8.80. The third-order valence-electron chi connectivity index (χ3n) is 5.43. The number of pyridine rings is 1. The van der Waals surface area contributed by atoms with Crippen LogP contribution in [0.5, 0.6) is 0 Å². The van der Waals surface area contributed by atoms with Gasteiger partial charge in [-0.15, -0.1) is 0 Å². The van der Waals surface area contributed by atoms with Crippen LogP contribution in [0, 0.1) is 19.3 Å². The quantitative estimate of drug-likeness (QED) is 0.611. The molecule has 0 amide bonds. The van der Waals surface area contributed by atoms with Crippen LogP contribution in [0.2, 0.25) is 0 Å². The first-order valence-electron chi connectivity index (χ1n) is 8.80. The summed E-state index contributed by atoms with van der Waals surface area (Å²) >= 11 is 0. The number of esters is 2. The Balaban J connectivity index is 2.10. The molecule has 6 nitrogen and oxygen atoms in total. The summed E-state index contributed by atoms with van der Waals surface area (Å²) in [4.78, 5) is 31.8. The van der Waals surface area contributed by atoms with Gasteiger partial charge in [0.15, 0.2) is 5.41 Å². The maximum atomic E-state index is 12.5. The molecule has 0 unspecified atom stereocenters. The van der Waals surface area contributed by atoms with Gasteiger partial charge in [-0.1, -0.05) is 18.2 Å². The number of benzene rings is 1. The molecule has 0 N–H and O–H groups in total. The number of methoxy groups -OCH3 is 2. The molecule has 2 aromatic rings. The second kappa shape index (κ2) is 7.02. The normalized spacial score (nSPS) is 14.4. The molecule has 0 aliphatic heterocycles. The van der Waals surface area contributed by atoms with Crippen LogP contribution in [0.4, 0.5) is 11.5 Å². The second-order valence-electron chi connectivity index (χ2n) is 6.92. The summed E-state index contributed by atoms with van der Waals surface area (Å²) in [5, 5.41) is 0. The van der Waals surface area contributed by atoms with Gasteiger partial charge in [-0.2, -0.15) is 0 Å². The summed E-state index contributed by atoms with van der Waals surface area (Å²) in [6, 6.07) is 9.93. The molecule has 0 atom stereocenters. The third kappa shape index (κ3) is 2.95. The van der Waals surface area contributed by atoms with E-state index in [1.807, 2.05) is 56.1 Å². The van der Waals surface area contributed by atoms with E-state index < -0.39 is 17.4 Å². The SMILES string of the molecule is COC(=O)C1(C(=O)OC)Cc2c(C)nc(N(C)c3ccccc3)c(C)c2C1. The van der Waals surface area contributed by atoms with Crippen LogP contribution in [0.3, 0.4) is 0 Å². The van der Waals surface area contributed by atoms with Gasteiger partial charge in [-0.25, -0.2) is 4.98 Å². The fraction of sp³-hybridized carbons (Fsp3) is 0.381. The van der Waals surface area contributed by atoms with Crippen molar-refractivity contribution in [3.63, 3.8) is 0 Å². The van der Waals surface area contributed by atoms with Crippen LogP contribution < -0.4 is 4.90 Å². The number of hydrogen-bond acceptors (Lipinski definition) is 6. The molecular formula is C21H24N2O4. The Morgan fingerprint density at radius 2 is 1.56 bits per heavy atom. The molecule has 1 aliphatic carbocycles. The standard InChI is InChI=1S/C21H24N2O4/c1-13-16-11-21(19(24)26-4,20(25)27-5)12-17(16)14(2)22-18(13)23(3)15-9-7-6-8-10-15/h6-10H,11-12H2,1-5H3. The first kappa shape index (κ1) is 18.9. The molecule has 142 valence electrons. The van der Waals surface area contributed by atoms with Crippen LogP contribution in [-0.4, -0.2) is 38.2 Å². The van der Waals surface area contributed by atoms with E-state index in [9.17, 15) is 9.59 Å². The lowest BCUT2D eigenvalue weighted by Crippen LogP contribution is -2.42. The number of fused-ring (bicyclic) bond motifs is 1. The van der Waals surface area contributed by atoms with E-state index in [2.05, 4.69) is 0 Å². The minimum atomic E-state index is -1.34. The fourth-order valence-electron chi connectivity index (χ4n) is 3.89. The van der Waals surface area contributed by atoms with Crippen molar-refractivity contribution in [3.8, 4) is 0 Å². The molecule has 0 fully saturated rings. The smallest absolute Gasteiger partial charge is 0.323 e. The monoisotopic (exact) mass is 368 g/mol. The van der Waals surface area contributed by atoms with Crippen LogP contribution in [0.25, 0.3) is 0 Å². The van der Waals surface area contributed by atoms with E-state index in [1.54, 1.807) is 0 Å². The zero-order valence-corrected chi connectivity index (χ0v) is 16.3. The lowest BCUT2D eigenvalue weighted by molar-refractivity contribution is -0.168. The number of para-hydroxylation sites is 1. The molecular weight excluding hydrogens is 344 g/mol. The number of rotatable bonds is 4.